The van der Waals surface area contributed by atoms with Gasteiger partial charge in [-0.1, -0.05) is 12.1 Å². The molecule has 3 aromatic rings. The number of amides is 1. The van der Waals surface area contributed by atoms with E-state index in [4.69, 9.17) is 11.1 Å². The zero-order valence-electron chi connectivity index (χ0n) is 14.4. The fourth-order valence-corrected chi connectivity index (χ4v) is 2.99. The topological polar surface area (TPSA) is 91.9 Å². The molecule has 0 radical (unpaired) electrons. The smallest absolute Gasteiger partial charge is 0.253 e. The SMILES string of the molecule is N=C(c1cccc(F)c1)c1cc(CNC(=O)c2cccnc2)c(P)cc1N. The Hall–Kier alpha value is -3.11. The predicted molar refractivity (Wildman–Crippen MR) is 108 cm³/mol. The number of halogens is 1. The van der Waals surface area contributed by atoms with Gasteiger partial charge in [0.05, 0.1) is 11.3 Å². The van der Waals surface area contributed by atoms with Gasteiger partial charge in [0.2, 0.25) is 0 Å². The third kappa shape index (κ3) is 4.36. The first-order valence-corrected chi connectivity index (χ1v) is 8.74. The van der Waals surface area contributed by atoms with Gasteiger partial charge in [-0.2, -0.15) is 0 Å². The van der Waals surface area contributed by atoms with Crippen molar-refractivity contribution < 1.29 is 9.18 Å². The predicted octanol–water partition coefficient (Wildman–Crippen LogP) is 2.65. The van der Waals surface area contributed by atoms with Crippen molar-refractivity contribution in [2.75, 3.05) is 5.73 Å². The molecule has 136 valence electrons. The van der Waals surface area contributed by atoms with Gasteiger partial charge >= 0.3 is 0 Å². The summed E-state index contributed by atoms with van der Waals surface area (Å²) in [4.78, 5) is 16.1. The molecule has 4 N–H and O–H groups in total. The first-order valence-electron chi connectivity index (χ1n) is 8.16. The van der Waals surface area contributed by atoms with E-state index in [1.54, 1.807) is 42.6 Å². The minimum absolute atomic E-state index is 0.122. The van der Waals surface area contributed by atoms with Gasteiger partial charge in [-0.25, -0.2) is 4.39 Å². The molecule has 5 nitrogen and oxygen atoms in total. The van der Waals surface area contributed by atoms with Crippen LogP contribution in [0.25, 0.3) is 0 Å². The number of nitrogens with one attached hydrogen (secondary N) is 2. The third-order valence-corrected chi connectivity index (χ3v) is 4.59. The van der Waals surface area contributed by atoms with Gasteiger partial charge in [-0.3, -0.25) is 15.2 Å². The largest absolute Gasteiger partial charge is 0.398 e. The van der Waals surface area contributed by atoms with Crippen LogP contribution in [0.3, 0.4) is 0 Å². The maximum atomic E-state index is 13.5. The van der Waals surface area contributed by atoms with Crippen LogP contribution in [-0.2, 0) is 6.54 Å². The van der Waals surface area contributed by atoms with Gasteiger partial charge in [-0.05, 0) is 47.3 Å². The van der Waals surface area contributed by atoms with Crippen LogP contribution in [0.1, 0.15) is 27.0 Å². The zero-order valence-corrected chi connectivity index (χ0v) is 15.5. The molecule has 0 aliphatic carbocycles. The number of hydrogen-bond donors (Lipinski definition) is 3. The van der Waals surface area contributed by atoms with E-state index >= 15 is 0 Å². The van der Waals surface area contributed by atoms with Crippen LogP contribution in [0, 0.1) is 11.2 Å². The van der Waals surface area contributed by atoms with Crippen molar-refractivity contribution in [3.63, 3.8) is 0 Å². The van der Waals surface area contributed by atoms with Crippen LogP contribution < -0.4 is 16.4 Å². The third-order valence-electron chi connectivity index (χ3n) is 4.06. The summed E-state index contributed by atoms with van der Waals surface area (Å²) >= 11 is 0. The van der Waals surface area contributed by atoms with Crippen molar-refractivity contribution in [3.05, 3.63) is 89.0 Å². The number of hydrogen-bond acceptors (Lipinski definition) is 4. The summed E-state index contributed by atoms with van der Waals surface area (Å²) in [6, 6.07) is 12.7. The lowest BCUT2D eigenvalue weighted by Crippen LogP contribution is -2.25. The Morgan fingerprint density at radius 3 is 2.67 bits per heavy atom. The van der Waals surface area contributed by atoms with Crippen molar-refractivity contribution in [1.29, 1.82) is 5.41 Å². The standard InChI is InChI=1S/C20H18FN4OP/c21-15-5-1-3-12(7-15)19(23)16-8-14(18(27)9-17(16)22)11-25-20(26)13-4-2-6-24-10-13/h1-10,23H,11,22,27H2,(H,25,26). The number of benzene rings is 2. The highest BCUT2D eigenvalue weighted by atomic mass is 31.0. The molecule has 3 rings (SSSR count). The molecule has 1 atom stereocenters. The molecular formula is C20H18FN4OP. The van der Waals surface area contributed by atoms with Crippen LogP contribution >= 0.6 is 9.24 Å². The van der Waals surface area contributed by atoms with Crippen LogP contribution in [0.2, 0.25) is 0 Å². The Morgan fingerprint density at radius 2 is 1.96 bits per heavy atom. The Labute approximate surface area is 158 Å². The molecule has 1 amide bonds. The normalized spacial score (nSPS) is 10.4. The number of carbonyl (C=O) groups excluding carboxylic acids is 1. The molecule has 27 heavy (non-hydrogen) atoms. The lowest BCUT2D eigenvalue weighted by atomic mass is 9.98. The van der Waals surface area contributed by atoms with Gasteiger partial charge in [0.15, 0.2) is 0 Å². The molecule has 1 heterocycles. The van der Waals surface area contributed by atoms with Gasteiger partial charge in [-0.15, -0.1) is 9.24 Å². The highest BCUT2D eigenvalue weighted by molar-refractivity contribution is 7.27. The summed E-state index contributed by atoms with van der Waals surface area (Å²) in [6.45, 7) is 0.260. The minimum Gasteiger partial charge on any atom is -0.398 e. The van der Waals surface area contributed by atoms with E-state index in [0.29, 0.717) is 22.4 Å². The Kier molecular flexibility index (Phi) is 5.57. The van der Waals surface area contributed by atoms with E-state index in [1.807, 2.05) is 0 Å². The quantitative estimate of drug-likeness (QED) is 0.361. The van der Waals surface area contributed by atoms with Crippen LogP contribution in [-0.4, -0.2) is 16.6 Å². The first-order chi connectivity index (χ1) is 13.0. The second-order valence-corrected chi connectivity index (χ2v) is 6.57. The fraction of sp³-hybridized carbons (Fsp3) is 0.0500. The Balaban J connectivity index is 1.84. The van der Waals surface area contributed by atoms with E-state index in [2.05, 4.69) is 19.5 Å². The van der Waals surface area contributed by atoms with E-state index < -0.39 is 5.82 Å². The Bertz CT molecular complexity index is 1010. The number of carbonyl (C=O) groups is 1. The molecule has 0 saturated carbocycles. The van der Waals surface area contributed by atoms with Crippen LogP contribution in [0.4, 0.5) is 10.1 Å². The molecule has 1 aromatic heterocycles. The summed E-state index contributed by atoms with van der Waals surface area (Å²) in [7, 11) is 2.57. The van der Waals surface area contributed by atoms with E-state index in [-0.39, 0.29) is 18.2 Å². The fourth-order valence-electron chi connectivity index (χ4n) is 2.62. The maximum absolute atomic E-state index is 13.5. The van der Waals surface area contributed by atoms with E-state index in [9.17, 15) is 9.18 Å². The number of rotatable bonds is 5. The molecule has 0 aliphatic heterocycles. The number of nitrogens with two attached hydrogens (primary N) is 1. The van der Waals surface area contributed by atoms with Gasteiger partial charge < -0.3 is 11.1 Å². The number of nitrogen functional groups attached to an aromatic ring is 1. The summed E-state index contributed by atoms with van der Waals surface area (Å²) in [6.07, 6.45) is 3.09. The second kappa shape index (κ2) is 8.06. The molecule has 0 fully saturated rings. The lowest BCUT2D eigenvalue weighted by Gasteiger charge is -2.14. The van der Waals surface area contributed by atoms with Crippen molar-refractivity contribution in [2.24, 2.45) is 0 Å². The van der Waals surface area contributed by atoms with Crippen molar-refractivity contribution in [2.45, 2.75) is 6.54 Å². The Morgan fingerprint density at radius 1 is 1.19 bits per heavy atom. The van der Waals surface area contributed by atoms with E-state index in [0.717, 1.165) is 10.9 Å². The second-order valence-electron chi connectivity index (χ2n) is 5.95. The van der Waals surface area contributed by atoms with Gasteiger partial charge in [0.1, 0.15) is 5.82 Å². The number of nitrogens with zero attached hydrogens (tertiary/aromatic N) is 1. The number of aromatic nitrogens is 1. The molecule has 2 aromatic carbocycles. The number of pyridine rings is 1. The average Bonchev–Trinajstić information content (AvgIpc) is 2.67. The van der Waals surface area contributed by atoms with Crippen molar-refractivity contribution >= 4 is 31.9 Å². The maximum Gasteiger partial charge on any atom is 0.253 e. The highest BCUT2D eigenvalue weighted by Gasteiger charge is 2.13. The van der Waals surface area contributed by atoms with Gasteiger partial charge in [0, 0.05) is 35.8 Å². The van der Waals surface area contributed by atoms with Crippen molar-refractivity contribution in [3.8, 4) is 0 Å². The molecular weight excluding hydrogens is 362 g/mol. The molecule has 1 unspecified atom stereocenters. The average molecular weight is 380 g/mol. The molecule has 0 spiro atoms. The molecule has 0 saturated heterocycles. The van der Waals surface area contributed by atoms with Crippen LogP contribution in [0.15, 0.2) is 60.9 Å². The number of anilines is 1. The highest BCUT2D eigenvalue weighted by Crippen LogP contribution is 2.19. The van der Waals surface area contributed by atoms with E-state index in [1.165, 1.54) is 18.3 Å². The van der Waals surface area contributed by atoms with Gasteiger partial charge in [0.25, 0.3) is 5.91 Å². The summed E-state index contributed by atoms with van der Waals surface area (Å²) in [5.41, 5.74) is 8.78. The lowest BCUT2D eigenvalue weighted by molar-refractivity contribution is 0.0950. The minimum atomic E-state index is -0.414. The van der Waals surface area contributed by atoms with Crippen LogP contribution in [0.5, 0.6) is 0 Å². The summed E-state index contributed by atoms with van der Waals surface area (Å²) in [5, 5.41) is 12.0. The zero-order chi connectivity index (χ0) is 19.4. The summed E-state index contributed by atoms with van der Waals surface area (Å²) < 4.78 is 13.5. The molecule has 7 heteroatoms. The monoisotopic (exact) mass is 380 g/mol. The van der Waals surface area contributed by atoms with Crippen molar-refractivity contribution in [1.82, 2.24) is 10.3 Å². The summed E-state index contributed by atoms with van der Waals surface area (Å²) in [5.74, 6) is -0.659. The first kappa shape index (κ1) is 18.7. The molecule has 0 aliphatic rings. The molecule has 0 bridgehead atoms.